The molecule has 0 radical (unpaired) electrons. The zero-order valence-corrected chi connectivity index (χ0v) is 13.9. The van der Waals surface area contributed by atoms with Gasteiger partial charge in [0.15, 0.2) is 0 Å². The minimum absolute atomic E-state index is 0.242. The van der Waals surface area contributed by atoms with E-state index in [1.165, 1.54) is 5.56 Å². The Bertz CT molecular complexity index is 584. The standard InChI is InChI=1S/C16H18BrClN2/c1-11(12-6-8-13(18)9-7-12)20(2)16-5-3-4-15(17)14(16)10-19/h3-9,11H,10,19H2,1-2H3. The van der Waals surface area contributed by atoms with Crippen LogP contribution in [0.5, 0.6) is 0 Å². The molecule has 1 unspecified atom stereocenters. The molecule has 0 aliphatic rings. The molecule has 2 N–H and O–H groups in total. The highest BCUT2D eigenvalue weighted by Gasteiger charge is 2.16. The highest BCUT2D eigenvalue weighted by atomic mass is 79.9. The van der Waals surface area contributed by atoms with Crippen LogP contribution in [0, 0.1) is 0 Å². The van der Waals surface area contributed by atoms with E-state index in [0.717, 1.165) is 20.7 Å². The van der Waals surface area contributed by atoms with Gasteiger partial charge >= 0.3 is 0 Å². The van der Waals surface area contributed by atoms with Crippen LogP contribution in [0.25, 0.3) is 0 Å². The summed E-state index contributed by atoms with van der Waals surface area (Å²) in [6.45, 7) is 2.68. The van der Waals surface area contributed by atoms with Gasteiger partial charge < -0.3 is 10.6 Å². The molecule has 0 amide bonds. The molecule has 2 rings (SSSR count). The molecular formula is C16H18BrClN2. The van der Waals surface area contributed by atoms with E-state index in [4.69, 9.17) is 17.3 Å². The van der Waals surface area contributed by atoms with Crippen LogP contribution in [0.4, 0.5) is 5.69 Å². The molecule has 0 saturated carbocycles. The fourth-order valence-corrected chi connectivity index (χ4v) is 2.90. The van der Waals surface area contributed by atoms with Gasteiger partial charge in [-0.3, -0.25) is 0 Å². The molecule has 0 heterocycles. The van der Waals surface area contributed by atoms with Crippen LogP contribution in [-0.4, -0.2) is 7.05 Å². The average molecular weight is 354 g/mol. The largest absolute Gasteiger partial charge is 0.368 e. The van der Waals surface area contributed by atoms with E-state index in [1.54, 1.807) is 0 Å². The molecule has 1 atom stereocenters. The van der Waals surface area contributed by atoms with Gasteiger partial charge in [-0.1, -0.05) is 45.7 Å². The van der Waals surface area contributed by atoms with Crippen LogP contribution in [0.15, 0.2) is 46.9 Å². The summed E-state index contributed by atoms with van der Waals surface area (Å²) in [6, 6.07) is 14.4. The minimum atomic E-state index is 0.242. The lowest BCUT2D eigenvalue weighted by Crippen LogP contribution is -2.23. The summed E-state index contributed by atoms with van der Waals surface area (Å²) >= 11 is 9.51. The van der Waals surface area contributed by atoms with Crippen LogP contribution in [0.3, 0.4) is 0 Å². The summed E-state index contributed by atoms with van der Waals surface area (Å²) in [6.07, 6.45) is 0. The summed E-state index contributed by atoms with van der Waals surface area (Å²) in [5, 5.41) is 0.758. The first-order valence-electron chi connectivity index (χ1n) is 6.50. The van der Waals surface area contributed by atoms with Crippen LogP contribution in [-0.2, 0) is 6.54 Å². The Hall–Kier alpha value is -1.03. The van der Waals surface area contributed by atoms with E-state index < -0.39 is 0 Å². The van der Waals surface area contributed by atoms with Gasteiger partial charge in [-0.15, -0.1) is 0 Å². The number of benzene rings is 2. The monoisotopic (exact) mass is 352 g/mol. The maximum absolute atomic E-state index is 5.95. The Kier molecular flexibility index (Phi) is 5.08. The third-order valence-electron chi connectivity index (χ3n) is 3.61. The second-order valence-electron chi connectivity index (χ2n) is 4.78. The minimum Gasteiger partial charge on any atom is -0.368 e. The molecule has 20 heavy (non-hydrogen) atoms. The molecular weight excluding hydrogens is 336 g/mol. The van der Waals surface area contributed by atoms with E-state index >= 15 is 0 Å². The summed E-state index contributed by atoms with van der Waals surface area (Å²) in [5.41, 5.74) is 9.36. The zero-order chi connectivity index (χ0) is 14.7. The number of nitrogens with two attached hydrogens (primary N) is 1. The van der Waals surface area contributed by atoms with Gasteiger partial charge in [0.2, 0.25) is 0 Å². The van der Waals surface area contributed by atoms with Crippen LogP contribution >= 0.6 is 27.5 Å². The molecule has 4 heteroatoms. The maximum Gasteiger partial charge on any atom is 0.0511 e. The SMILES string of the molecule is CC(c1ccc(Cl)cc1)N(C)c1cccc(Br)c1CN. The van der Waals surface area contributed by atoms with Gasteiger partial charge in [0, 0.05) is 34.3 Å². The Morgan fingerprint density at radius 1 is 1.20 bits per heavy atom. The molecule has 2 aromatic rings. The quantitative estimate of drug-likeness (QED) is 0.858. The van der Waals surface area contributed by atoms with Crippen molar-refractivity contribution in [2.75, 3.05) is 11.9 Å². The van der Waals surface area contributed by atoms with E-state index in [1.807, 2.05) is 24.3 Å². The first-order valence-corrected chi connectivity index (χ1v) is 7.67. The van der Waals surface area contributed by atoms with E-state index in [-0.39, 0.29) is 6.04 Å². The van der Waals surface area contributed by atoms with Crippen molar-refractivity contribution in [3.8, 4) is 0 Å². The highest BCUT2D eigenvalue weighted by molar-refractivity contribution is 9.10. The second kappa shape index (κ2) is 6.61. The van der Waals surface area contributed by atoms with Gasteiger partial charge in [-0.25, -0.2) is 0 Å². The van der Waals surface area contributed by atoms with E-state index in [0.29, 0.717) is 6.54 Å². The van der Waals surface area contributed by atoms with E-state index in [9.17, 15) is 0 Å². The zero-order valence-electron chi connectivity index (χ0n) is 11.6. The fraction of sp³-hybridized carbons (Fsp3) is 0.250. The van der Waals surface area contributed by atoms with Crippen molar-refractivity contribution in [2.24, 2.45) is 5.73 Å². The molecule has 0 fully saturated rings. The van der Waals surface area contributed by atoms with Crippen molar-refractivity contribution < 1.29 is 0 Å². The summed E-state index contributed by atoms with van der Waals surface area (Å²) < 4.78 is 1.05. The molecule has 2 aromatic carbocycles. The number of hydrogen-bond donors (Lipinski definition) is 1. The van der Waals surface area contributed by atoms with Gasteiger partial charge in [-0.05, 0) is 36.8 Å². The molecule has 0 bridgehead atoms. The molecule has 0 spiro atoms. The lowest BCUT2D eigenvalue weighted by molar-refractivity contribution is 0.734. The fourth-order valence-electron chi connectivity index (χ4n) is 2.25. The summed E-state index contributed by atoms with van der Waals surface area (Å²) in [7, 11) is 2.08. The molecule has 0 aromatic heterocycles. The molecule has 0 aliphatic carbocycles. The number of hydrogen-bond acceptors (Lipinski definition) is 2. The maximum atomic E-state index is 5.95. The summed E-state index contributed by atoms with van der Waals surface area (Å²) in [4.78, 5) is 2.23. The Labute approximate surface area is 133 Å². The van der Waals surface area contributed by atoms with E-state index in [2.05, 4.69) is 53.0 Å². The average Bonchev–Trinajstić information content (AvgIpc) is 2.46. The third kappa shape index (κ3) is 3.17. The third-order valence-corrected chi connectivity index (χ3v) is 4.61. The van der Waals surface area contributed by atoms with Gasteiger partial charge in [-0.2, -0.15) is 0 Å². The lowest BCUT2D eigenvalue weighted by atomic mass is 10.1. The Balaban J connectivity index is 2.33. The predicted octanol–water partition coefficient (Wildman–Crippen LogP) is 4.76. The van der Waals surface area contributed by atoms with Crippen molar-refractivity contribution in [1.29, 1.82) is 0 Å². The van der Waals surface area contributed by atoms with Crippen molar-refractivity contribution in [3.63, 3.8) is 0 Å². The molecule has 0 saturated heterocycles. The van der Waals surface area contributed by atoms with Gasteiger partial charge in [0.1, 0.15) is 0 Å². The van der Waals surface area contributed by atoms with Crippen LogP contribution in [0.1, 0.15) is 24.1 Å². The summed E-state index contributed by atoms with van der Waals surface area (Å²) in [5.74, 6) is 0. The number of nitrogens with zero attached hydrogens (tertiary/aromatic N) is 1. The van der Waals surface area contributed by atoms with Crippen LogP contribution < -0.4 is 10.6 Å². The Morgan fingerprint density at radius 2 is 1.85 bits per heavy atom. The number of rotatable bonds is 4. The number of halogens is 2. The predicted molar refractivity (Wildman–Crippen MR) is 90.3 cm³/mol. The molecule has 106 valence electrons. The van der Waals surface area contributed by atoms with Gasteiger partial charge in [0.05, 0.1) is 6.04 Å². The highest BCUT2D eigenvalue weighted by Crippen LogP contribution is 2.32. The van der Waals surface area contributed by atoms with Crippen molar-refractivity contribution in [2.45, 2.75) is 19.5 Å². The lowest BCUT2D eigenvalue weighted by Gasteiger charge is -2.29. The van der Waals surface area contributed by atoms with Gasteiger partial charge in [0.25, 0.3) is 0 Å². The topological polar surface area (TPSA) is 29.3 Å². The van der Waals surface area contributed by atoms with Crippen molar-refractivity contribution in [3.05, 3.63) is 63.1 Å². The first-order chi connectivity index (χ1) is 9.54. The van der Waals surface area contributed by atoms with Crippen molar-refractivity contribution in [1.82, 2.24) is 0 Å². The second-order valence-corrected chi connectivity index (χ2v) is 6.07. The number of anilines is 1. The molecule has 2 nitrogen and oxygen atoms in total. The molecule has 0 aliphatic heterocycles. The van der Waals surface area contributed by atoms with Crippen molar-refractivity contribution >= 4 is 33.2 Å². The van der Waals surface area contributed by atoms with Crippen LogP contribution in [0.2, 0.25) is 5.02 Å². The smallest absolute Gasteiger partial charge is 0.0511 e. The normalized spacial score (nSPS) is 12.2. The first kappa shape index (κ1) is 15.4. The Morgan fingerprint density at radius 3 is 2.45 bits per heavy atom.